The molecule has 0 unspecified atom stereocenters. The summed E-state index contributed by atoms with van der Waals surface area (Å²) in [5, 5.41) is 16.5. The minimum absolute atomic E-state index is 0.118. The number of hydrogen-bond acceptors (Lipinski definition) is 2. The number of aromatic hydroxyl groups is 1. The molecule has 1 heterocycles. The van der Waals surface area contributed by atoms with Crippen LogP contribution in [0.3, 0.4) is 0 Å². The molecule has 0 radical (unpaired) electrons. The maximum Gasteiger partial charge on any atom is 0.416 e. The molecule has 2 N–H and O–H groups in total. The van der Waals surface area contributed by atoms with E-state index in [4.69, 9.17) is 0 Å². The fourth-order valence-electron chi connectivity index (χ4n) is 2.04. The van der Waals surface area contributed by atoms with Gasteiger partial charge < -0.3 is 5.11 Å². The van der Waals surface area contributed by atoms with E-state index in [0.29, 0.717) is 22.2 Å². The van der Waals surface area contributed by atoms with E-state index in [-0.39, 0.29) is 5.75 Å². The van der Waals surface area contributed by atoms with Gasteiger partial charge in [-0.1, -0.05) is 0 Å². The molecule has 0 atom stereocenters. The monoisotopic (exact) mass is 278 g/mol. The topological polar surface area (TPSA) is 48.9 Å². The van der Waals surface area contributed by atoms with Crippen LogP contribution in [0.2, 0.25) is 0 Å². The van der Waals surface area contributed by atoms with Gasteiger partial charge in [0.05, 0.1) is 16.8 Å². The van der Waals surface area contributed by atoms with Gasteiger partial charge in [-0.2, -0.15) is 18.3 Å². The second-order valence-electron chi connectivity index (χ2n) is 4.38. The van der Waals surface area contributed by atoms with E-state index < -0.39 is 11.7 Å². The van der Waals surface area contributed by atoms with Crippen LogP contribution in [0.25, 0.3) is 22.2 Å². The van der Waals surface area contributed by atoms with Crippen molar-refractivity contribution in [1.29, 1.82) is 0 Å². The van der Waals surface area contributed by atoms with Crippen molar-refractivity contribution < 1.29 is 18.3 Å². The van der Waals surface area contributed by atoms with Crippen molar-refractivity contribution in [1.82, 2.24) is 10.2 Å². The van der Waals surface area contributed by atoms with Gasteiger partial charge in [-0.3, -0.25) is 5.10 Å². The van der Waals surface area contributed by atoms with Crippen LogP contribution in [0.15, 0.2) is 42.5 Å². The van der Waals surface area contributed by atoms with Gasteiger partial charge in [-0.25, -0.2) is 0 Å². The fourth-order valence-corrected chi connectivity index (χ4v) is 2.04. The number of hydrogen-bond donors (Lipinski definition) is 2. The molecule has 0 aliphatic rings. The molecule has 0 amide bonds. The minimum atomic E-state index is -4.38. The van der Waals surface area contributed by atoms with Gasteiger partial charge >= 0.3 is 6.18 Å². The fraction of sp³-hybridized carbons (Fsp3) is 0.0714. The smallest absolute Gasteiger partial charge is 0.416 e. The van der Waals surface area contributed by atoms with Crippen molar-refractivity contribution in [2.75, 3.05) is 0 Å². The molecule has 2 aromatic carbocycles. The van der Waals surface area contributed by atoms with E-state index in [1.807, 2.05) is 0 Å². The number of aromatic nitrogens is 2. The number of nitrogens with one attached hydrogen (secondary N) is 1. The third kappa shape index (κ3) is 2.09. The van der Waals surface area contributed by atoms with Crippen LogP contribution < -0.4 is 0 Å². The Morgan fingerprint density at radius 1 is 1.00 bits per heavy atom. The summed E-state index contributed by atoms with van der Waals surface area (Å²) < 4.78 is 37.9. The summed E-state index contributed by atoms with van der Waals surface area (Å²) in [4.78, 5) is 0. The summed E-state index contributed by atoms with van der Waals surface area (Å²) in [6.07, 6.45) is -4.38. The van der Waals surface area contributed by atoms with Crippen LogP contribution in [0.1, 0.15) is 5.56 Å². The van der Waals surface area contributed by atoms with Crippen LogP contribution in [-0.4, -0.2) is 15.3 Å². The first-order chi connectivity index (χ1) is 9.45. The molecule has 0 saturated heterocycles. The average Bonchev–Trinajstić information content (AvgIpc) is 2.81. The first-order valence-electron chi connectivity index (χ1n) is 5.80. The van der Waals surface area contributed by atoms with E-state index in [1.165, 1.54) is 18.2 Å². The summed E-state index contributed by atoms with van der Waals surface area (Å²) in [5.41, 5.74) is 0.872. The van der Waals surface area contributed by atoms with E-state index >= 15 is 0 Å². The molecule has 1 aromatic heterocycles. The maximum atomic E-state index is 12.6. The molecular weight excluding hydrogens is 269 g/mol. The van der Waals surface area contributed by atoms with Crippen LogP contribution >= 0.6 is 0 Å². The molecule has 3 nitrogen and oxygen atoms in total. The highest BCUT2D eigenvalue weighted by atomic mass is 19.4. The molecule has 3 rings (SSSR count). The second-order valence-corrected chi connectivity index (χ2v) is 4.38. The van der Waals surface area contributed by atoms with Gasteiger partial charge in [0.25, 0.3) is 0 Å². The van der Waals surface area contributed by atoms with Crippen molar-refractivity contribution in [3.8, 4) is 17.0 Å². The maximum absolute atomic E-state index is 12.6. The van der Waals surface area contributed by atoms with Crippen LogP contribution in [0.5, 0.6) is 5.75 Å². The van der Waals surface area contributed by atoms with Crippen LogP contribution in [0, 0.1) is 0 Å². The summed E-state index contributed by atoms with van der Waals surface area (Å²) in [6.45, 7) is 0. The number of fused-ring (bicyclic) bond motifs is 1. The lowest BCUT2D eigenvalue weighted by atomic mass is 10.1. The second kappa shape index (κ2) is 4.26. The van der Waals surface area contributed by atoms with E-state index in [0.717, 1.165) is 12.1 Å². The third-order valence-electron chi connectivity index (χ3n) is 3.03. The van der Waals surface area contributed by atoms with E-state index in [9.17, 15) is 18.3 Å². The molecule has 3 aromatic rings. The van der Waals surface area contributed by atoms with E-state index in [1.54, 1.807) is 12.1 Å². The zero-order chi connectivity index (χ0) is 14.3. The lowest BCUT2D eigenvalue weighted by Gasteiger charge is -2.06. The zero-order valence-corrected chi connectivity index (χ0v) is 10.1. The number of rotatable bonds is 1. The third-order valence-corrected chi connectivity index (χ3v) is 3.03. The molecule has 0 aliphatic carbocycles. The Morgan fingerprint density at radius 2 is 1.70 bits per heavy atom. The SMILES string of the molecule is Oc1ccc(-c2n[nH]c3cc(C(F)(F)F)ccc23)cc1. The molecule has 20 heavy (non-hydrogen) atoms. The van der Waals surface area contributed by atoms with E-state index in [2.05, 4.69) is 10.2 Å². The highest BCUT2D eigenvalue weighted by Crippen LogP contribution is 2.33. The Labute approximate surface area is 111 Å². The highest BCUT2D eigenvalue weighted by Gasteiger charge is 2.30. The molecule has 0 bridgehead atoms. The van der Waals surface area contributed by atoms with Crippen molar-refractivity contribution in [3.63, 3.8) is 0 Å². The number of phenols is 1. The van der Waals surface area contributed by atoms with Crippen molar-refractivity contribution >= 4 is 10.9 Å². The van der Waals surface area contributed by atoms with Gasteiger partial charge in [0, 0.05) is 10.9 Å². The summed E-state index contributed by atoms with van der Waals surface area (Å²) >= 11 is 0. The number of alkyl halides is 3. The first-order valence-corrected chi connectivity index (χ1v) is 5.80. The molecule has 0 spiro atoms. The number of phenolic OH excluding ortho intramolecular Hbond substituents is 1. The lowest BCUT2D eigenvalue weighted by Crippen LogP contribution is -2.04. The minimum Gasteiger partial charge on any atom is -0.508 e. The van der Waals surface area contributed by atoms with Crippen molar-refractivity contribution in [2.24, 2.45) is 0 Å². The van der Waals surface area contributed by atoms with Gasteiger partial charge in [-0.15, -0.1) is 0 Å². The summed E-state index contributed by atoms with van der Waals surface area (Å²) in [7, 11) is 0. The predicted octanol–water partition coefficient (Wildman–Crippen LogP) is 3.95. The zero-order valence-electron chi connectivity index (χ0n) is 10.1. The number of H-pyrrole nitrogens is 1. The van der Waals surface area contributed by atoms with Gasteiger partial charge in [0.15, 0.2) is 0 Å². The number of nitrogens with zero attached hydrogens (tertiary/aromatic N) is 1. The quantitative estimate of drug-likeness (QED) is 0.708. The lowest BCUT2D eigenvalue weighted by molar-refractivity contribution is -0.137. The Morgan fingerprint density at radius 3 is 2.35 bits per heavy atom. The Hall–Kier alpha value is -2.50. The normalized spacial score (nSPS) is 11.9. The van der Waals surface area contributed by atoms with Gasteiger partial charge in [0.1, 0.15) is 5.75 Å². The Balaban J connectivity index is 2.13. The first kappa shape index (κ1) is 12.5. The van der Waals surface area contributed by atoms with Gasteiger partial charge in [-0.05, 0) is 42.5 Å². The number of halogens is 3. The predicted molar refractivity (Wildman–Crippen MR) is 68.2 cm³/mol. The number of aromatic amines is 1. The van der Waals surface area contributed by atoms with Gasteiger partial charge in [0.2, 0.25) is 0 Å². The summed E-state index contributed by atoms with van der Waals surface area (Å²) in [5.74, 6) is 0.118. The van der Waals surface area contributed by atoms with Crippen LogP contribution in [0.4, 0.5) is 13.2 Å². The standard InChI is InChI=1S/C14H9F3N2O/c15-14(16,17)9-3-6-11-12(7-9)18-19-13(11)8-1-4-10(20)5-2-8/h1-7,20H,(H,18,19). The van der Waals surface area contributed by atoms with Crippen LogP contribution in [-0.2, 0) is 6.18 Å². The molecule has 0 aliphatic heterocycles. The van der Waals surface area contributed by atoms with Crippen molar-refractivity contribution in [3.05, 3.63) is 48.0 Å². The van der Waals surface area contributed by atoms with Crippen molar-refractivity contribution in [2.45, 2.75) is 6.18 Å². The number of benzene rings is 2. The largest absolute Gasteiger partial charge is 0.508 e. The molecule has 0 fully saturated rings. The highest BCUT2D eigenvalue weighted by molar-refractivity contribution is 5.93. The Bertz CT molecular complexity index is 760. The molecular formula is C14H9F3N2O. The average molecular weight is 278 g/mol. The molecule has 6 heteroatoms. The summed E-state index contributed by atoms with van der Waals surface area (Å²) in [6, 6.07) is 9.77. The molecule has 0 saturated carbocycles. The molecule has 102 valence electrons. The Kier molecular flexibility index (Phi) is 2.67.